The zero-order valence-corrected chi connectivity index (χ0v) is 13.5. The van der Waals surface area contributed by atoms with Gasteiger partial charge >= 0.3 is 0 Å². The highest BCUT2D eigenvalue weighted by Crippen LogP contribution is 2.29. The maximum absolute atomic E-state index is 12.7. The molecular weight excluding hydrogens is 292 g/mol. The fourth-order valence-corrected chi connectivity index (χ4v) is 3.44. The Kier molecular flexibility index (Phi) is 4.29. The minimum absolute atomic E-state index is 0.0175. The average molecular weight is 310 g/mol. The van der Waals surface area contributed by atoms with Crippen LogP contribution < -0.4 is 0 Å². The van der Waals surface area contributed by atoms with Gasteiger partial charge in [-0.1, -0.05) is 49.0 Å². The zero-order valence-electron chi connectivity index (χ0n) is 12.7. The SMILES string of the molecule is Cc1cccc(N=C2S[C@@H](C)CN2C(=O)c2ccccc2)c1. The monoisotopic (exact) mass is 310 g/mol. The molecule has 0 aliphatic carbocycles. The molecule has 1 atom stereocenters. The van der Waals surface area contributed by atoms with Gasteiger partial charge in [-0.15, -0.1) is 0 Å². The van der Waals surface area contributed by atoms with Crippen LogP contribution >= 0.6 is 11.8 Å². The van der Waals surface area contributed by atoms with E-state index in [4.69, 9.17) is 0 Å². The summed E-state index contributed by atoms with van der Waals surface area (Å²) in [5, 5.41) is 1.14. The Hall–Kier alpha value is -2.07. The lowest BCUT2D eigenvalue weighted by atomic mass is 10.2. The lowest BCUT2D eigenvalue weighted by Gasteiger charge is -2.16. The van der Waals surface area contributed by atoms with Gasteiger partial charge in [-0.05, 0) is 36.8 Å². The summed E-state index contributed by atoms with van der Waals surface area (Å²) in [6.07, 6.45) is 0. The van der Waals surface area contributed by atoms with E-state index in [2.05, 4.69) is 11.9 Å². The van der Waals surface area contributed by atoms with Crippen LogP contribution in [0.25, 0.3) is 0 Å². The van der Waals surface area contributed by atoms with Crippen molar-refractivity contribution in [1.82, 2.24) is 4.90 Å². The number of nitrogens with zero attached hydrogens (tertiary/aromatic N) is 2. The third-order valence-electron chi connectivity index (χ3n) is 3.47. The minimum Gasteiger partial charge on any atom is -0.286 e. The first-order valence-corrected chi connectivity index (χ1v) is 8.20. The molecule has 1 aliphatic rings. The summed E-state index contributed by atoms with van der Waals surface area (Å²) in [4.78, 5) is 19.2. The van der Waals surface area contributed by atoms with Crippen molar-refractivity contribution < 1.29 is 4.79 Å². The molecule has 2 aromatic carbocycles. The van der Waals surface area contributed by atoms with E-state index in [1.165, 1.54) is 5.56 Å². The van der Waals surface area contributed by atoms with E-state index in [1.807, 2.05) is 61.5 Å². The molecule has 2 aromatic rings. The summed E-state index contributed by atoms with van der Waals surface area (Å²) in [6, 6.07) is 17.4. The molecule has 0 radical (unpaired) electrons. The molecule has 1 saturated heterocycles. The molecule has 1 aliphatic heterocycles. The van der Waals surface area contributed by atoms with E-state index in [0.717, 1.165) is 10.9 Å². The second-order valence-electron chi connectivity index (χ2n) is 5.44. The Bertz CT molecular complexity index is 712. The minimum atomic E-state index is 0.0175. The van der Waals surface area contributed by atoms with E-state index >= 15 is 0 Å². The van der Waals surface area contributed by atoms with Crippen molar-refractivity contribution in [3.05, 3.63) is 65.7 Å². The molecule has 0 unspecified atom stereocenters. The first-order chi connectivity index (χ1) is 10.6. The molecule has 1 amide bonds. The van der Waals surface area contributed by atoms with Gasteiger partial charge in [0.25, 0.3) is 5.91 Å². The number of hydrogen-bond donors (Lipinski definition) is 0. The van der Waals surface area contributed by atoms with Crippen LogP contribution in [0.2, 0.25) is 0 Å². The molecule has 0 aromatic heterocycles. The molecule has 0 spiro atoms. The molecule has 4 heteroatoms. The van der Waals surface area contributed by atoms with Gasteiger partial charge in [-0.2, -0.15) is 0 Å². The summed E-state index contributed by atoms with van der Waals surface area (Å²) in [7, 11) is 0. The Morgan fingerprint density at radius 1 is 1.18 bits per heavy atom. The fraction of sp³-hybridized carbons (Fsp3) is 0.222. The normalized spacial score (nSPS) is 19.6. The maximum Gasteiger partial charge on any atom is 0.259 e. The molecule has 112 valence electrons. The van der Waals surface area contributed by atoms with E-state index in [1.54, 1.807) is 16.7 Å². The van der Waals surface area contributed by atoms with E-state index in [-0.39, 0.29) is 5.91 Å². The number of aryl methyl sites for hydroxylation is 1. The van der Waals surface area contributed by atoms with Gasteiger partial charge in [0.15, 0.2) is 5.17 Å². The zero-order chi connectivity index (χ0) is 15.5. The van der Waals surface area contributed by atoms with Crippen LogP contribution in [0.3, 0.4) is 0 Å². The highest BCUT2D eigenvalue weighted by Gasteiger charge is 2.31. The lowest BCUT2D eigenvalue weighted by Crippen LogP contribution is -2.32. The molecule has 0 N–H and O–H groups in total. The number of benzene rings is 2. The molecule has 3 nitrogen and oxygen atoms in total. The predicted molar refractivity (Wildman–Crippen MR) is 92.8 cm³/mol. The number of thioether (sulfide) groups is 1. The number of rotatable bonds is 2. The lowest BCUT2D eigenvalue weighted by molar-refractivity contribution is 0.0855. The average Bonchev–Trinajstić information content (AvgIpc) is 2.88. The van der Waals surface area contributed by atoms with Crippen LogP contribution in [0.15, 0.2) is 59.6 Å². The molecule has 0 bridgehead atoms. The largest absolute Gasteiger partial charge is 0.286 e. The second kappa shape index (κ2) is 6.36. The quantitative estimate of drug-likeness (QED) is 0.830. The van der Waals surface area contributed by atoms with Gasteiger partial charge in [0.05, 0.1) is 5.69 Å². The summed E-state index contributed by atoms with van der Waals surface area (Å²) in [5.74, 6) is 0.0175. The third kappa shape index (κ3) is 3.22. The van der Waals surface area contributed by atoms with Gasteiger partial charge in [-0.3, -0.25) is 9.69 Å². The van der Waals surface area contributed by atoms with Gasteiger partial charge in [0, 0.05) is 17.4 Å². The van der Waals surface area contributed by atoms with E-state index in [9.17, 15) is 4.79 Å². The van der Waals surface area contributed by atoms with Gasteiger partial charge in [0.2, 0.25) is 0 Å². The number of amidine groups is 1. The maximum atomic E-state index is 12.7. The number of aliphatic imine (C=N–C) groups is 1. The number of carbonyl (C=O) groups excluding carboxylic acids is 1. The number of carbonyl (C=O) groups is 1. The van der Waals surface area contributed by atoms with E-state index in [0.29, 0.717) is 17.4 Å². The summed E-state index contributed by atoms with van der Waals surface area (Å²) in [6.45, 7) is 4.86. The fourth-order valence-electron chi connectivity index (χ4n) is 2.42. The van der Waals surface area contributed by atoms with Crippen molar-refractivity contribution in [2.45, 2.75) is 19.1 Å². The van der Waals surface area contributed by atoms with Crippen LogP contribution in [0, 0.1) is 6.92 Å². The third-order valence-corrected chi connectivity index (χ3v) is 4.54. The van der Waals surface area contributed by atoms with Crippen molar-refractivity contribution in [2.75, 3.05) is 6.54 Å². The standard InChI is InChI=1S/C18H18N2OS/c1-13-7-6-10-16(11-13)19-18-20(12-14(2)22-18)17(21)15-8-4-3-5-9-15/h3-11,14H,12H2,1-2H3/t14-/m0/s1. The molecule has 3 rings (SSSR count). The molecule has 1 fully saturated rings. The molecular formula is C18H18N2OS. The highest BCUT2D eigenvalue weighted by molar-refractivity contribution is 8.14. The first kappa shape index (κ1) is 14.9. The highest BCUT2D eigenvalue weighted by atomic mass is 32.2. The van der Waals surface area contributed by atoms with Crippen LogP contribution in [0.1, 0.15) is 22.8 Å². The Balaban J connectivity index is 1.91. The summed E-state index contributed by atoms with van der Waals surface area (Å²) in [5.41, 5.74) is 2.76. The predicted octanol–water partition coefficient (Wildman–Crippen LogP) is 4.26. The topological polar surface area (TPSA) is 32.7 Å². The van der Waals surface area contributed by atoms with Gasteiger partial charge in [0.1, 0.15) is 0 Å². The Morgan fingerprint density at radius 3 is 2.68 bits per heavy atom. The smallest absolute Gasteiger partial charge is 0.259 e. The summed E-state index contributed by atoms with van der Waals surface area (Å²) >= 11 is 1.65. The van der Waals surface area contributed by atoms with Crippen molar-refractivity contribution in [3.8, 4) is 0 Å². The van der Waals surface area contributed by atoms with Crippen molar-refractivity contribution in [3.63, 3.8) is 0 Å². The second-order valence-corrected chi connectivity index (χ2v) is 6.85. The van der Waals surface area contributed by atoms with Gasteiger partial charge in [-0.25, -0.2) is 4.99 Å². The Morgan fingerprint density at radius 2 is 1.95 bits per heavy atom. The van der Waals surface area contributed by atoms with Crippen molar-refractivity contribution in [2.24, 2.45) is 4.99 Å². The van der Waals surface area contributed by atoms with Crippen LogP contribution in [0.4, 0.5) is 5.69 Å². The van der Waals surface area contributed by atoms with E-state index < -0.39 is 0 Å². The summed E-state index contributed by atoms with van der Waals surface area (Å²) < 4.78 is 0. The van der Waals surface area contributed by atoms with Crippen LogP contribution in [-0.4, -0.2) is 27.8 Å². The van der Waals surface area contributed by atoms with Crippen molar-refractivity contribution in [1.29, 1.82) is 0 Å². The van der Waals surface area contributed by atoms with Gasteiger partial charge < -0.3 is 0 Å². The number of hydrogen-bond acceptors (Lipinski definition) is 3. The molecule has 1 heterocycles. The molecule has 22 heavy (non-hydrogen) atoms. The van der Waals surface area contributed by atoms with Crippen molar-refractivity contribution >= 4 is 28.5 Å². The Labute approximate surface area is 135 Å². The number of amides is 1. The molecule has 0 saturated carbocycles. The first-order valence-electron chi connectivity index (χ1n) is 7.32. The van der Waals surface area contributed by atoms with Crippen LogP contribution in [-0.2, 0) is 0 Å². The van der Waals surface area contributed by atoms with Crippen LogP contribution in [0.5, 0.6) is 0 Å².